The quantitative estimate of drug-likeness (QED) is 0.860. The van der Waals surface area contributed by atoms with Gasteiger partial charge in [-0.15, -0.1) is 0 Å². The SMILES string of the molecule is COc1ccc([C@@]23CCN(C)[C@@H]2CC(=O)C[C@@H]3C)cc1OC. The number of likely N-dealkylation sites (tertiary alicyclic amines) is 1. The van der Waals surface area contributed by atoms with Gasteiger partial charge in [0.1, 0.15) is 5.78 Å². The van der Waals surface area contributed by atoms with E-state index >= 15 is 0 Å². The number of ether oxygens (including phenoxy) is 2. The monoisotopic (exact) mass is 303 g/mol. The highest BCUT2D eigenvalue weighted by molar-refractivity contribution is 5.81. The molecule has 0 aromatic heterocycles. The predicted octanol–water partition coefficient (Wildman–Crippen LogP) is 2.64. The molecule has 0 amide bonds. The molecule has 4 heteroatoms. The molecule has 2 fully saturated rings. The Bertz CT molecular complexity index is 586. The van der Waals surface area contributed by atoms with Crippen molar-refractivity contribution in [1.29, 1.82) is 0 Å². The normalized spacial score (nSPS) is 31.9. The van der Waals surface area contributed by atoms with Crippen LogP contribution in [0.5, 0.6) is 11.5 Å². The third kappa shape index (κ3) is 2.12. The number of benzene rings is 1. The zero-order valence-electron chi connectivity index (χ0n) is 13.9. The summed E-state index contributed by atoms with van der Waals surface area (Å²) in [5.74, 6) is 2.26. The number of ketones is 1. The molecule has 1 aromatic rings. The number of hydrogen-bond acceptors (Lipinski definition) is 4. The molecule has 1 heterocycles. The highest BCUT2D eigenvalue weighted by Crippen LogP contribution is 2.51. The Morgan fingerprint density at radius 3 is 2.59 bits per heavy atom. The van der Waals surface area contributed by atoms with Crippen LogP contribution < -0.4 is 9.47 Å². The van der Waals surface area contributed by atoms with Crippen LogP contribution in [0.25, 0.3) is 0 Å². The van der Waals surface area contributed by atoms with Crippen LogP contribution in [0.2, 0.25) is 0 Å². The molecule has 3 atom stereocenters. The second kappa shape index (κ2) is 5.58. The molecular weight excluding hydrogens is 278 g/mol. The molecule has 1 aliphatic heterocycles. The molecule has 0 bridgehead atoms. The second-order valence-corrected chi connectivity index (χ2v) is 6.70. The van der Waals surface area contributed by atoms with Gasteiger partial charge in [-0.3, -0.25) is 4.79 Å². The first-order chi connectivity index (χ1) is 10.5. The molecule has 0 N–H and O–H groups in total. The van der Waals surface area contributed by atoms with E-state index in [-0.39, 0.29) is 5.41 Å². The van der Waals surface area contributed by atoms with Crippen molar-refractivity contribution >= 4 is 5.78 Å². The largest absolute Gasteiger partial charge is 0.493 e. The van der Waals surface area contributed by atoms with Crippen molar-refractivity contribution < 1.29 is 14.3 Å². The van der Waals surface area contributed by atoms with Gasteiger partial charge in [0.05, 0.1) is 14.2 Å². The Hall–Kier alpha value is -1.55. The minimum Gasteiger partial charge on any atom is -0.493 e. The Morgan fingerprint density at radius 2 is 1.91 bits per heavy atom. The van der Waals surface area contributed by atoms with Gasteiger partial charge in [-0.1, -0.05) is 13.0 Å². The summed E-state index contributed by atoms with van der Waals surface area (Å²) >= 11 is 0. The first-order valence-electron chi connectivity index (χ1n) is 7.97. The van der Waals surface area contributed by atoms with Crippen LogP contribution in [0, 0.1) is 5.92 Å². The highest BCUT2D eigenvalue weighted by Gasteiger charge is 2.54. The van der Waals surface area contributed by atoms with Gasteiger partial charge in [-0.2, -0.15) is 0 Å². The molecule has 4 nitrogen and oxygen atoms in total. The summed E-state index contributed by atoms with van der Waals surface area (Å²) in [5, 5.41) is 0. The van der Waals surface area contributed by atoms with Crippen LogP contribution in [-0.2, 0) is 10.2 Å². The van der Waals surface area contributed by atoms with Gasteiger partial charge in [0.15, 0.2) is 11.5 Å². The van der Waals surface area contributed by atoms with E-state index < -0.39 is 0 Å². The van der Waals surface area contributed by atoms with Gasteiger partial charge in [-0.05, 0) is 43.6 Å². The molecule has 1 aromatic carbocycles. The number of carbonyl (C=O) groups excluding carboxylic acids is 1. The van der Waals surface area contributed by atoms with Gasteiger partial charge in [-0.25, -0.2) is 0 Å². The Balaban J connectivity index is 2.09. The molecule has 120 valence electrons. The Labute approximate surface area is 132 Å². The Kier molecular flexibility index (Phi) is 3.89. The van der Waals surface area contributed by atoms with Crippen LogP contribution >= 0.6 is 0 Å². The van der Waals surface area contributed by atoms with Crippen LogP contribution in [0.3, 0.4) is 0 Å². The van der Waals surface area contributed by atoms with Crippen molar-refractivity contribution in [3.05, 3.63) is 23.8 Å². The van der Waals surface area contributed by atoms with E-state index in [0.717, 1.165) is 24.5 Å². The van der Waals surface area contributed by atoms with E-state index in [4.69, 9.17) is 9.47 Å². The van der Waals surface area contributed by atoms with Gasteiger partial charge >= 0.3 is 0 Å². The summed E-state index contributed by atoms with van der Waals surface area (Å²) in [6.45, 7) is 3.26. The summed E-state index contributed by atoms with van der Waals surface area (Å²) < 4.78 is 10.9. The third-order valence-electron chi connectivity index (χ3n) is 5.76. The lowest BCUT2D eigenvalue weighted by Gasteiger charge is -2.46. The zero-order chi connectivity index (χ0) is 15.9. The van der Waals surface area contributed by atoms with Crippen LogP contribution in [0.15, 0.2) is 18.2 Å². The van der Waals surface area contributed by atoms with E-state index in [0.29, 0.717) is 30.6 Å². The predicted molar refractivity (Wildman–Crippen MR) is 85.7 cm³/mol. The van der Waals surface area contributed by atoms with Crippen molar-refractivity contribution in [3.63, 3.8) is 0 Å². The van der Waals surface area contributed by atoms with Crippen molar-refractivity contribution in [2.24, 2.45) is 5.92 Å². The summed E-state index contributed by atoms with van der Waals surface area (Å²) in [6.07, 6.45) is 2.44. The first-order valence-corrected chi connectivity index (χ1v) is 7.97. The summed E-state index contributed by atoms with van der Waals surface area (Å²) in [5.41, 5.74) is 1.32. The average Bonchev–Trinajstić information content (AvgIpc) is 2.85. The molecule has 22 heavy (non-hydrogen) atoms. The lowest BCUT2D eigenvalue weighted by atomic mass is 9.60. The number of hydrogen-bond donors (Lipinski definition) is 0. The first kappa shape index (κ1) is 15.3. The van der Waals surface area contributed by atoms with Gasteiger partial charge < -0.3 is 14.4 Å². The molecule has 1 saturated heterocycles. The maximum absolute atomic E-state index is 12.1. The molecule has 1 aliphatic carbocycles. The zero-order valence-corrected chi connectivity index (χ0v) is 13.9. The van der Waals surface area contributed by atoms with Gasteiger partial charge in [0.2, 0.25) is 0 Å². The van der Waals surface area contributed by atoms with Crippen LogP contribution in [0.1, 0.15) is 31.7 Å². The van der Waals surface area contributed by atoms with Crippen molar-refractivity contribution in [1.82, 2.24) is 4.90 Å². The summed E-state index contributed by atoms with van der Waals surface area (Å²) in [4.78, 5) is 14.4. The van der Waals surface area contributed by atoms with E-state index in [1.807, 2.05) is 6.07 Å². The van der Waals surface area contributed by atoms with Gasteiger partial charge in [0, 0.05) is 24.3 Å². The fourth-order valence-corrected chi connectivity index (χ4v) is 4.56. The molecule has 3 rings (SSSR count). The lowest BCUT2D eigenvalue weighted by molar-refractivity contribution is -0.124. The third-order valence-corrected chi connectivity index (χ3v) is 5.76. The number of methoxy groups -OCH3 is 2. The summed E-state index contributed by atoms with van der Waals surface area (Å²) in [7, 11) is 5.47. The molecular formula is C18H25NO3. The number of likely N-dealkylation sites (N-methyl/N-ethyl adjacent to an activating group) is 1. The van der Waals surface area contributed by atoms with E-state index in [1.54, 1.807) is 14.2 Å². The number of carbonyl (C=O) groups is 1. The molecule has 1 saturated carbocycles. The van der Waals surface area contributed by atoms with E-state index in [9.17, 15) is 4.79 Å². The van der Waals surface area contributed by atoms with Crippen molar-refractivity contribution in [2.45, 2.75) is 37.6 Å². The van der Waals surface area contributed by atoms with E-state index in [1.165, 1.54) is 5.56 Å². The maximum Gasteiger partial charge on any atom is 0.161 e. The Morgan fingerprint density at radius 1 is 1.18 bits per heavy atom. The fraction of sp³-hybridized carbons (Fsp3) is 0.611. The molecule has 0 unspecified atom stereocenters. The van der Waals surface area contributed by atoms with Crippen molar-refractivity contribution in [2.75, 3.05) is 27.8 Å². The smallest absolute Gasteiger partial charge is 0.161 e. The lowest BCUT2D eigenvalue weighted by Crippen LogP contribution is -2.50. The number of rotatable bonds is 3. The number of fused-ring (bicyclic) bond motifs is 1. The molecule has 2 aliphatic rings. The minimum atomic E-state index is 0.0439. The fourth-order valence-electron chi connectivity index (χ4n) is 4.56. The highest BCUT2D eigenvalue weighted by atomic mass is 16.5. The standard InChI is InChI=1S/C18H25NO3/c1-12-9-14(20)11-17-18(12,7-8-19(17)2)13-5-6-15(21-3)16(10-13)22-4/h5-6,10,12,17H,7-9,11H2,1-4H3/t12-,17+,18-/m0/s1. The molecule has 0 radical (unpaired) electrons. The van der Waals surface area contributed by atoms with Gasteiger partial charge in [0.25, 0.3) is 0 Å². The number of nitrogens with zero attached hydrogens (tertiary/aromatic N) is 1. The second-order valence-electron chi connectivity index (χ2n) is 6.70. The minimum absolute atomic E-state index is 0.0439. The van der Waals surface area contributed by atoms with Crippen LogP contribution in [-0.4, -0.2) is 44.5 Å². The average molecular weight is 303 g/mol. The maximum atomic E-state index is 12.1. The molecule has 0 spiro atoms. The summed E-state index contributed by atoms with van der Waals surface area (Å²) in [6, 6.07) is 6.54. The van der Waals surface area contributed by atoms with Crippen LogP contribution in [0.4, 0.5) is 0 Å². The number of Topliss-reactive ketones (excluding diaryl/α,β-unsaturated/α-hetero) is 1. The van der Waals surface area contributed by atoms with Crippen molar-refractivity contribution in [3.8, 4) is 11.5 Å². The van der Waals surface area contributed by atoms with E-state index in [2.05, 4.69) is 31.0 Å². The topological polar surface area (TPSA) is 38.8 Å².